The quantitative estimate of drug-likeness (QED) is 0.720. The van der Waals surface area contributed by atoms with E-state index in [2.05, 4.69) is 19.9 Å². The van der Waals surface area contributed by atoms with Crippen molar-refractivity contribution in [3.05, 3.63) is 29.8 Å². The Balaban J connectivity index is 2.61. The van der Waals surface area contributed by atoms with Crippen LogP contribution in [0.25, 0.3) is 0 Å². The molecule has 3 heteroatoms. The topological polar surface area (TPSA) is 46.3 Å². The summed E-state index contributed by atoms with van der Waals surface area (Å²) in [6.07, 6.45) is 0.688. The normalized spacial score (nSPS) is 23.9. The van der Waals surface area contributed by atoms with E-state index in [1.165, 1.54) is 5.56 Å². The van der Waals surface area contributed by atoms with Crippen molar-refractivity contribution in [3.8, 4) is 0 Å². The number of nitrogens with two attached hydrogens (primary N) is 1. The zero-order valence-electron chi connectivity index (χ0n) is 10.0. The van der Waals surface area contributed by atoms with Crippen LogP contribution in [0.4, 0.5) is 5.69 Å². The Labute approximate surface area is 96.2 Å². The van der Waals surface area contributed by atoms with Gasteiger partial charge in [-0.1, -0.05) is 32.0 Å². The summed E-state index contributed by atoms with van der Waals surface area (Å²) in [6.45, 7) is 4.27. The summed E-state index contributed by atoms with van der Waals surface area (Å²) in [5, 5.41) is 0. The monoisotopic (exact) mass is 218 g/mol. The summed E-state index contributed by atoms with van der Waals surface area (Å²) in [5.41, 5.74) is 8.04. The second kappa shape index (κ2) is 3.59. The first-order chi connectivity index (χ1) is 7.43. The molecule has 16 heavy (non-hydrogen) atoms. The summed E-state index contributed by atoms with van der Waals surface area (Å²) in [4.78, 5) is 13.7. The Bertz CT molecular complexity index is 426. The lowest BCUT2D eigenvalue weighted by atomic mass is 9.79. The van der Waals surface area contributed by atoms with Gasteiger partial charge in [-0.15, -0.1) is 0 Å². The third kappa shape index (κ3) is 1.61. The molecule has 1 aliphatic rings. The number of amides is 1. The molecule has 1 aromatic rings. The smallest absolute Gasteiger partial charge is 0.243 e. The van der Waals surface area contributed by atoms with Crippen LogP contribution in [0, 0.1) is 0 Å². The third-order valence-electron chi connectivity index (χ3n) is 3.37. The van der Waals surface area contributed by atoms with Gasteiger partial charge < -0.3 is 10.6 Å². The predicted octanol–water partition coefficient (Wildman–Crippen LogP) is 1.66. The molecule has 2 N–H and O–H groups in total. The Morgan fingerprint density at radius 1 is 1.38 bits per heavy atom. The number of carbonyl (C=O) groups excluding carboxylic acids is 1. The maximum absolute atomic E-state index is 12.0. The fourth-order valence-corrected chi connectivity index (χ4v) is 2.45. The SMILES string of the molecule is CN1C(=O)C(N)CC(C)(C)c2ccccc21. The van der Waals surface area contributed by atoms with E-state index in [1.807, 2.05) is 18.2 Å². The van der Waals surface area contributed by atoms with Crippen LogP contribution in [-0.2, 0) is 10.2 Å². The van der Waals surface area contributed by atoms with Crippen LogP contribution in [0.15, 0.2) is 24.3 Å². The van der Waals surface area contributed by atoms with E-state index in [0.717, 1.165) is 5.69 Å². The van der Waals surface area contributed by atoms with Gasteiger partial charge in [-0.2, -0.15) is 0 Å². The van der Waals surface area contributed by atoms with Crippen LogP contribution in [0.1, 0.15) is 25.8 Å². The first-order valence-corrected chi connectivity index (χ1v) is 5.56. The Hall–Kier alpha value is -1.35. The highest BCUT2D eigenvalue weighted by molar-refractivity contribution is 5.98. The number of hydrogen-bond donors (Lipinski definition) is 1. The number of rotatable bonds is 0. The zero-order valence-corrected chi connectivity index (χ0v) is 10.0. The van der Waals surface area contributed by atoms with Crippen molar-refractivity contribution >= 4 is 11.6 Å². The fraction of sp³-hybridized carbons (Fsp3) is 0.462. The molecule has 0 radical (unpaired) electrons. The molecule has 86 valence electrons. The van der Waals surface area contributed by atoms with Crippen LogP contribution >= 0.6 is 0 Å². The van der Waals surface area contributed by atoms with Gasteiger partial charge in [0.05, 0.1) is 6.04 Å². The second-order valence-corrected chi connectivity index (χ2v) is 5.11. The lowest BCUT2D eigenvalue weighted by Gasteiger charge is -2.26. The number of carbonyl (C=O) groups is 1. The number of fused-ring (bicyclic) bond motifs is 1. The molecule has 0 aliphatic carbocycles. The first-order valence-electron chi connectivity index (χ1n) is 5.56. The number of nitrogens with zero attached hydrogens (tertiary/aromatic N) is 1. The van der Waals surface area contributed by atoms with Crippen molar-refractivity contribution in [3.63, 3.8) is 0 Å². The molecule has 1 heterocycles. The molecule has 1 amide bonds. The summed E-state index contributed by atoms with van der Waals surface area (Å²) >= 11 is 0. The molecular weight excluding hydrogens is 200 g/mol. The Morgan fingerprint density at radius 2 is 2.00 bits per heavy atom. The van der Waals surface area contributed by atoms with Crippen molar-refractivity contribution in [1.82, 2.24) is 0 Å². The molecule has 1 unspecified atom stereocenters. The number of hydrogen-bond acceptors (Lipinski definition) is 2. The fourth-order valence-electron chi connectivity index (χ4n) is 2.45. The van der Waals surface area contributed by atoms with Crippen LogP contribution in [0.5, 0.6) is 0 Å². The van der Waals surface area contributed by atoms with Crippen LogP contribution in [0.3, 0.4) is 0 Å². The molecule has 0 bridgehead atoms. The van der Waals surface area contributed by atoms with Crippen LogP contribution in [-0.4, -0.2) is 19.0 Å². The van der Waals surface area contributed by atoms with Gasteiger partial charge in [0, 0.05) is 12.7 Å². The van der Waals surface area contributed by atoms with Gasteiger partial charge in [-0.05, 0) is 23.5 Å². The number of para-hydroxylation sites is 1. The molecule has 2 rings (SSSR count). The lowest BCUT2D eigenvalue weighted by Crippen LogP contribution is -2.42. The largest absolute Gasteiger partial charge is 0.320 e. The minimum Gasteiger partial charge on any atom is -0.320 e. The molecule has 1 aromatic carbocycles. The van der Waals surface area contributed by atoms with E-state index in [9.17, 15) is 4.79 Å². The van der Waals surface area contributed by atoms with Gasteiger partial charge in [0.1, 0.15) is 0 Å². The average Bonchev–Trinajstić information content (AvgIpc) is 2.31. The number of likely N-dealkylation sites (N-methyl/N-ethyl adjacent to an activating group) is 1. The lowest BCUT2D eigenvalue weighted by molar-refractivity contribution is -0.119. The van der Waals surface area contributed by atoms with E-state index < -0.39 is 6.04 Å². The zero-order chi connectivity index (χ0) is 11.9. The highest BCUT2D eigenvalue weighted by atomic mass is 16.2. The molecule has 3 nitrogen and oxygen atoms in total. The van der Waals surface area contributed by atoms with E-state index in [4.69, 9.17) is 5.73 Å². The van der Waals surface area contributed by atoms with Crippen LogP contribution < -0.4 is 10.6 Å². The van der Waals surface area contributed by atoms with Gasteiger partial charge >= 0.3 is 0 Å². The average molecular weight is 218 g/mol. The van der Waals surface area contributed by atoms with Crippen molar-refractivity contribution in [2.24, 2.45) is 5.73 Å². The molecule has 0 fully saturated rings. The molecule has 1 aliphatic heterocycles. The van der Waals surface area contributed by atoms with E-state index in [0.29, 0.717) is 6.42 Å². The first kappa shape index (κ1) is 11.1. The Kier molecular flexibility index (Phi) is 2.50. The Morgan fingerprint density at radius 3 is 2.69 bits per heavy atom. The summed E-state index contributed by atoms with van der Waals surface area (Å²) < 4.78 is 0. The minimum absolute atomic E-state index is 0.00183. The van der Waals surface area contributed by atoms with Crippen molar-refractivity contribution in [2.45, 2.75) is 31.7 Å². The standard InChI is InChI=1S/C13H18N2O/c1-13(2)8-10(14)12(16)15(3)11-7-5-4-6-9(11)13/h4-7,10H,8,14H2,1-3H3. The second-order valence-electron chi connectivity index (χ2n) is 5.11. The number of anilines is 1. The molecule has 0 spiro atoms. The van der Waals surface area contributed by atoms with Crippen molar-refractivity contribution in [2.75, 3.05) is 11.9 Å². The highest BCUT2D eigenvalue weighted by Gasteiger charge is 2.35. The highest BCUT2D eigenvalue weighted by Crippen LogP contribution is 2.37. The summed E-state index contributed by atoms with van der Waals surface area (Å²) in [6, 6.07) is 7.61. The van der Waals surface area contributed by atoms with Gasteiger partial charge in [0.25, 0.3) is 0 Å². The maximum atomic E-state index is 12.0. The van der Waals surface area contributed by atoms with E-state index in [1.54, 1.807) is 11.9 Å². The number of benzene rings is 1. The summed E-state index contributed by atoms with van der Waals surface area (Å²) in [5.74, 6) is -0.00183. The maximum Gasteiger partial charge on any atom is 0.243 e. The third-order valence-corrected chi connectivity index (χ3v) is 3.37. The van der Waals surface area contributed by atoms with Gasteiger partial charge in [-0.3, -0.25) is 4.79 Å². The van der Waals surface area contributed by atoms with Crippen LogP contribution in [0.2, 0.25) is 0 Å². The minimum atomic E-state index is -0.410. The van der Waals surface area contributed by atoms with Gasteiger partial charge in [-0.25, -0.2) is 0 Å². The molecular formula is C13H18N2O. The van der Waals surface area contributed by atoms with E-state index >= 15 is 0 Å². The molecule has 0 saturated heterocycles. The molecule has 0 aromatic heterocycles. The van der Waals surface area contributed by atoms with E-state index in [-0.39, 0.29) is 11.3 Å². The van der Waals surface area contributed by atoms with Crippen molar-refractivity contribution < 1.29 is 4.79 Å². The summed E-state index contributed by atoms with van der Waals surface area (Å²) in [7, 11) is 1.79. The van der Waals surface area contributed by atoms with Crippen molar-refractivity contribution in [1.29, 1.82) is 0 Å². The van der Waals surface area contributed by atoms with Gasteiger partial charge in [0.2, 0.25) is 5.91 Å². The predicted molar refractivity (Wildman–Crippen MR) is 65.5 cm³/mol. The molecule has 0 saturated carbocycles. The molecule has 1 atom stereocenters. The van der Waals surface area contributed by atoms with Gasteiger partial charge in [0.15, 0.2) is 0 Å².